The van der Waals surface area contributed by atoms with E-state index in [4.69, 9.17) is 4.98 Å². The molecule has 1 aromatic heterocycles. The van der Waals surface area contributed by atoms with Crippen LogP contribution in [0.1, 0.15) is 61.4 Å². The lowest BCUT2D eigenvalue weighted by Crippen LogP contribution is -1.99. The highest BCUT2D eigenvalue weighted by Crippen LogP contribution is 2.31. The molecule has 0 saturated heterocycles. The lowest BCUT2D eigenvalue weighted by Gasteiger charge is -2.09. The second-order valence-electron chi connectivity index (χ2n) is 5.79. The maximum absolute atomic E-state index is 4.86. The fourth-order valence-electron chi connectivity index (χ4n) is 3.24. The molecule has 3 rings (SSSR count). The van der Waals surface area contributed by atoms with Crippen LogP contribution in [-0.2, 0) is 0 Å². The van der Waals surface area contributed by atoms with Crippen LogP contribution >= 0.6 is 0 Å². The van der Waals surface area contributed by atoms with E-state index in [0.717, 1.165) is 0 Å². The average Bonchev–Trinajstić information content (AvgIpc) is 2.59. The van der Waals surface area contributed by atoms with E-state index < -0.39 is 0 Å². The lowest BCUT2D eigenvalue weighted by molar-refractivity contribution is 0.567. The van der Waals surface area contributed by atoms with Crippen LogP contribution in [-0.4, -0.2) is 9.97 Å². The number of H-pyrrole nitrogens is 1. The van der Waals surface area contributed by atoms with E-state index >= 15 is 0 Å². The number of imidazole rings is 1. The van der Waals surface area contributed by atoms with E-state index in [-0.39, 0.29) is 0 Å². The number of nitrogens with one attached hydrogen (secondary N) is 1. The Morgan fingerprint density at radius 3 is 2.50 bits per heavy atom. The van der Waals surface area contributed by atoms with E-state index in [1.54, 1.807) is 0 Å². The van der Waals surface area contributed by atoms with Gasteiger partial charge in [0.25, 0.3) is 0 Å². The molecule has 0 bridgehead atoms. The third-order valence-corrected chi connectivity index (χ3v) is 4.18. The van der Waals surface area contributed by atoms with E-state index in [1.807, 2.05) is 0 Å². The van der Waals surface area contributed by atoms with Gasteiger partial charge in [-0.25, -0.2) is 4.98 Å². The molecule has 18 heavy (non-hydrogen) atoms. The van der Waals surface area contributed by atoms with Crippen LogP contribution in [0, 0.1) is 13.8 Å². The third-order valence-electron chi connectivity index (χ3n) is 4.18. The Kier molecular flexibility index (Phi) is 3.11. The maximum atomic E-state index is 4.86. The first kappa shape index (κ1) is 11.8. The van der Waals surface area contributed by atoms with Crippen molar-refractivity contribution < 1.29 is 0 Å². The van der Waals surface area contributed by atoms with Crippen molar-refractivity contribution in [2.75, 3.05) is 0 Å². The second kappa shape index (κ2) is 4.75. The van der Waals surface area contributed by atoms with Crippen molar-refractivity contribution in [2.45, 2.75) is 58.3 Å². The number of fused-ring (bicyclic) bond motifs is 1. The quantitative estimate of drug-likeness (QED) is 0.726. The Balaban J connectivity index is 1.99. The van der Waals surface area contributed by atoms with Gasteiger partial charge in [0.05, 0.1) is 11.0 Å². The fraction of sp³-hybridized carbons (Fsp3) is 0.562. The summed E-state index contributed by atoms with van der Waals surface area (Å²) in [5.41, 5.74) is 4.99. The monoisotopic (exact) mass is 242 g/mol. The summed E-state index contributed by atoms with van der Waals surface area (Å²) in [5, 5.41) is 0. The fourth-order valence-corrected chi connectivity index (χ4v) is 3.24. The summed E-state index contributed by atoms with van der Waals surface area (Å²) in [7, 11) is 0. The summed E-state index contributed by atoms with van der Waals surface area (Å²) in [5.74, 6) is 1.88. The van der Waals surface area contributed by atoms with Gasteiger partial charge in [0.15, 0.2) is 0 Å². The molecule has 1 aromatic carbocycles. The van der Waals surface area contributed by atoms with E-state index in [9.17, 15) is 0 Å². The molecule has 2 nitrogen and oxygen atoms in total. The molecule has 1 saturated carbocycles. The van der Waals surface area contributed by atoms with Gasteiger partial charge in [0.2, 0.25) is 0 Å². The Morgan fingerprint density at radius 2 is 1.78 bits per heavy atom. The maximum Gasteiger partial charge on any atom is 0.110 e. The summed E-state index contributed by atoms with van der Waals surface area (Å²) in [4.78, 5) is 8.43. The minimum absolute atomic E-state index is 0.652. The molecule has 1 heterocycles. The highest BCUT2D eigenvalue weighted by molar-refractivity contribution is 5.79. The van der Waals surface area contributed by atoms with Gasteiger partial charge in [0, 0.05) is 5.92 Å². The number of aromatic amines is 1. The molecule has 2 heteroatoms. The predicted molar refractivity (Wildman–Crippen MR) is 76.0 cm³/mol. The van der Waals surface area contributed by atoms with Gasteiger partial charge in [-0.1, -0.05) is 31.7 Å². The number of aryl methyl sites for hydroxylation is 2. The van der Waals surface area contributed by atoms with Crippen LogP contribution in [0.2, 0.25) is 0 Å². The Morgan fingerprint density at radius 1 is 1.06 bits per heavy atom. The highest BCUT2D eigenvalue weighted by Gasteiger charge is 2.18. The SMILES string of the molecule is Cc1cc(C)c2nc(C3CCCCCC3)[nH]c2c1. The highest BCUT2D eigenvalue weighted by atomic mass is 14.9. The molecule has 0 unspecified atom stereocenters. The topological polar surface area (TPSA) is 28.7 Å². The number of benzene rings is 1. The Hall–Kier alpha value is -1.31. The van der Waals surface area contributed by atoms with Crippen LogP contribution in [0.25, 0.3) is 11.0 Å². The molecule has 1 N–H and O–H groups in total. The van der Waals surface area contributed by atoms with Gasteiger partial charge in [-0.2, -0.15) is 0 Å². The summed E-state index contributed by atoms with van der Waals surface area (Å²) >= 11 is 0. The van der Waals surface area contributed by atoms with Crippen molar-refractivity contribution in [1.29, 1.82) is 0 Å². The average molecular weight is 242 g/mol. The van der Waals surface area contributed by atoms with Gasteiger partial charge < -0.3 is 4.98 Å². The molecule has 2 aromatic rings. The van der Waals surface area contributed by atoms with E-state index in [2.05, 4.69) is 31.0 Å². The first-order chi connectivity index (χ1) is 8.74. The summed E-state index contributed by atoms with van der Waals surface area (Å²) in [6.07, 6.45) is 8.12. The molecule has 1 fully saturated rings. The molecule has 0 radical (unpaired) electrons. The van der Waals surface area contributed by atoms with Crippen molar-refractivity contribution in [1.82, 2.24) is 9.97 Å². The minimum atomic E-state index is 0.652. The normalized spacial score (nSPS) is 18.1. The van der Waals surface area contributed by atoms with Crippen LogP contribution < -0.4 is 0 Å². The summed E-state index contributed by atoms with van der Waals surface area (Å²) in [6.45, 7) is 4.31. The number of nitrogens with zero attached hydrogens (tertiary/aromatic N) is 1. The van der Waals surface area contributed by atoms with Gasteiger partial charge in [-0.15, -0.1) is 0 Å². The predicted octanol–water partition coefficient (Wildman–Crippen LogP) is 4.62. The number of hydrogen-bond donors (Lipinski definition) is 1. The van der Waals surface area contributed by atoms with Gasteiger partial charge >= 0.3 is 0 Å². The van der Waals surface area contributed by atoms with Crippen molar-refractivity contribution in [3.8, 4) is 0 Å². The zero-order chi connectivity index (χ0) is 12.5. The zero-order valence-electron chi connectivity index (χ0n) is 11.4. The molecule has 96 valence electrons. The van der Waals surface area contributed by atoms with Gasteiger partial charge in [-0.3, -0.25) is 0 Å². The summed E-state index contributed by atoms with van der Waals surface area (Å²) < 4.78 is 0. The molecule has 0 atom stereocenters. The van der Waals surface area contributed by atoms with Gasteiger partial charge in [0.1, 0.15) is 5.82 Å². The Bertz CT molecular complexity index is 545. The van der Waals surface area contributed by atoms with Crippen LogP contribution in [0.3, 0.4) is 0 Å². The molecule has 0 spiro atoms. The minimum Gasteiger partial charge on any atom is -0.342 e. The van der Waals surface area contributed by atoms with Crippen LogP contribution in [0.5, 0.6) is 0 Å². The number of rotatable bonds is 1. The van der Waals surface area contributed by atoms with Crippen molar-refractivity contribution in [2.24, 2.45) is 0 Å². The molecule has 0 amide bonds. The molecular weight excluding hydrogens is 220 g/mol. The van der Waals surface area contributed by atoms with Gasteiger partial charge in [-0.05, 0) is 43.9 Å². The number of hydrogen-bond acceptors (Lipinski definition) is 1. The Labute approximate surface area is 109 Å². The molecular formula is C16H22N2. The van der Waals surface area contributed by atoms with Crippen molar-refractivity contribution in [3.05, 3.63) is 29.1 Å². The molecule has 1 aliphatic carbocycles. The standard InChI is InChI=1S/C16H22N2/c1-11-9-12(2)15-14(10-11)17-16(18-15)13-7-5-3-4-6-8-13/h9-10,13H,3-8H2,1-2H3,(H,17,18). The lowest BCUT2D eigenvalue weighted by atomic mass is 10.00. The van der Waals surface area contributed by atoms with Crippen LogP contribution in [0.15, 0.2) is 12.1 Å². The second-order valence-corrected chi connectivity index (χ2v) is 5.79. The van der Waals surface area contributed by atoms with E-state index in [0.29, 0.717) is 5.92 Å². The first-order valence-corrected chi connectivity index (χ1v) is 7.21. The smallest absolute Gasteiger partial charge is 0.110 e. The molecule has 0 aliphatic heterocycles. The third kappa shape index (κ3) is 2.16. The van der Waals surface area contributed by atoms with Crippen molar-refractivity contribution >= 4 is 11.0 Å². The zero-order valence-corrected chi connectivity index (χ0v) is 11.4. The summed E-state index contributed by atoms with van der Waals surface area (Å²) in [6, 6.07) is 4.44. The first-order valence-electron chi connectivity index (χ1n) is 7.21. The van der Waals surface area contributed by atoms with E-state index in [1.165, 1.54) is 66.5 Å². The van der Waals surface area contributed by atoms with Crippen LogP contribution in [0.4, 0.5) is 0 Å². The number of aromatic nitrogens is 2. The van der Waals surface area contributed by atoms with Crippen molar-refractivity contribution in [3.63, 3.8) is 0 Å². The largest absolute Gasteiger partial charge is 0.342 e. The molecule has 1 aliphatic rings.